The second-order valence-electron chi connectivity index (χ2n) is 4.86. The molecule has 0 saturated heterocycles. The van der Waals surface area contributed by atoms with Crippen LogP contribution in [0.25, 0.3) is 0 Å². The van der Waals surface area contributed by atoms with Crippen LogP contribution in [-0.2, 0) is 18.0 Å². The fourth-order valence-corrected chi connectivity index (χ4v) is 2.83. The van der Waals surface area contributed by atoms with Gasteiger partial charge in [-0.25, -0.2) is 0 Å². The van der Waals surface area contributed by atoms with E-state index in [4.69, 9.17) is 0 Å². The van der Waals surface area contributed by atoms with E-state index in [2.05, 4.69) is 10.2 Å². The number of aromatic nitrogens is 3. The minimum atomic E-state index is -4.57. The van der Waals surface area contributed by atoms with Crippen molar-refractivity contribution in [3.63, 3.8) is 0 Å². The van der Waals surface area contributed by atoms with E-state index in [1.54, 1.807) is 38.2 Å². The number of rotatable bonds is 4. The summed E-state index contributed by atoms with van der Waals surface area (Å²) < 4.78 is 38.9. The van der Waals surface area contributed by atoms with E-state index in [0.29, 0.717) is 5.69 Å². The number of para-hydroxylation sites is 1. The zero-order valence-electron chi connectivity index (χ0n) is 12.7. The van der Waals surface area contributed by atoms with Crippen LogP contribution in [0, 0.1) is 0 Å². The maximum Gasteiger partial charge on any atom is 0.451 e. The quantitative estimate of drug-likeness (QED) is 0.800. The molecule has 0 saturated carbocycles. The van der Waals surface area contributed by atoms with Crippen LogP contribution in [0.4, 0.5) is 18.9 Å². The van der Waals surface area contributed by atoms with Gasteiger partial charge in [0.25, 0.3) is 0 Å². The zero-order chi connectivity index (χ0) is 17.2. The minimum absolute atomic E-state index is 0.0413. The molecule has 2 rings (SSSR count). The number of carbonyl (C=O) groups excluding carboxylic acids is 1. The Morgan fingerprint density at radius 2 is 1.87 bits per heavy atom. The van der Waals surface area contributed by atoms with Gasteiger partial charge in [0.05, 0.1) is 5.25 Å². The highest BCUT2D eigenvalue weighted by molar-refractivity contribution is 8.00. The van der Waals surface area contributed by atoms with Gasteiger partial charge in [-0.05, 0) is 19.1 Å². The molecule has 23 heavy (non-hydrogen) atoms. The van der Waals surface area contributed by atoms with E-state index in [-0.39, 0.29) is 11.1 Å². The largest absolute Gasteiger partial charge is 0.451 e. The Bertz CT molecular complexity index is 687. The van der Waals surface area contributed by atoms with Crippen LogP contribution in [0.1, 0.15) is 12.7 Å². The summed E-state index contributed by atoms with van der Waals surface area (Å²) in [4.78, 5) is 13.8. The molecule has 0 aliphatic carbocycles. The summed E-state index contributed by atoms with van der Waals surface area (Å²) in [6, 6.07) is 8.99. The summed E-state index contributed by atoms with van der Waals surface area (Å²) in [7, 11) is 2.84. The van der Waals surface area contributed by atoms with Crippen molar-refractivity contribution in [3.8, 4) is 0 Å². The number of halogens is 3. The first kappa shape index (κ1) is 17.3. The van der Waals surface area contributed by atoms with E-state index in [1.807, 2.05) is 6.07 Å². The van der Waals surface area contributed by atoms with Crippen LogP contribution in [0.3, 0.4) is 0 Å². The average Bonchev–Trinajstić information content (AvgIpc) is 2.87. The van der Waals surface area contributed by atoms with Gasteiger partial charge in [-0.2, -0.15) is 13.2 Å². The number of benzene rings is 1. The molecule has 2 aromatic rings. The summed E-state index contributed by atoms with van der Waals surface area (Å²) in [6.07, 6.45) is -4.57. The zero-order valence-corrected chi connectivity index (χ0v) is 13.5. The van der Waals surface area contributed by atoms with Crippen molar-refractivity contribution < 1.29 is 18.0 Å². The van der Waals surface area contributed by atoms with Gasteiger partial charge in [-0.3, -0.25) is 4.79 Å². The van der Waals surface area contributed by atoms with Crippen molar-refractivity contribution in [2.45, 2.75) is 23.5 Å². The summed E-state index contributed by atoms with van der Waals surface area (Å²) in [5, 5.41) is 6.10. The van der Waals surface area contributed by atoms with Crippen LogP contribution in [0.15, 0.2) is 35.5 Å². The second-order valence-corrected chi connectivity index (χ2v) is 6.16. The van der Waals surface area contributed by atoms with Gasteiger partial charge in [0.15, 0.2) is 5.16 Å². The van der Waals surface area contributed by atoms with Gasteiger partial charge in [0.2, 0.25) is 11.7 Å². The van der Waals surface area contributed by atoms with Gasteiger partial charge in [0.1, 0.15) is 0 Å². The van der Waals surface area contributed by atoms with Crippen LogP contribution in [-0.4, -0.2) is 33.0 Å². The highest BCUT2D eigenvalue weighted by atomic mass is 32.2. The van der Waals surface area contributed by atoms with Crippen molar-refractivity contribution in [1.82, 2.24) is 14.8 Å². The lowest BCUT2D eigenvalue weighted by Gasteiger charge is -2.20. The monoisotopic (exact) mass is 344 g/mol. The Labute approximate surface area is 135 Å². The lowest BCUT2D eigenvalue weighted by Crippen LogP contribution is -2.33. The molecule has 1 atom stereocenters. The summed E-state index contributed by atoms with van der Waals surface area (Å²) in [5.74, 6) is -1.33. The Morgan fingerprint density at radius 3 is 2.39 bits per heavy atom. The average molecular weight is 344 g/mol. The fraction of sp³-hybridized carbons (Fsp3) is 0.357. The van der Waals surface area contributed by atoms with Gasteiger partial charge in [-0.15, -0.1) is 10.2 Å². The molecule has 9 heteroatoms. The third-order valence-corrected chi connectivity index (χ3v) is 4.31. The molecule has 0 fully saturated rings. The van der Waals surface area contributed by atoms with Crippen LogP contribution in [0.2, 0.25) is 0 Å². The third kappa shape index (κ3) is 3.84. The van der Waals surface area contributed by atoms with E-state index in [9.17, 15) is 18.0 Å². The first-order valence-electron chi connectivity index (χ1n) is 6.67. The molecule has 0 bridgehead atoms. The molecule has 1 amide bonds. The number of nitrogens with zero attached hydrogens (tertiary/aromatic N) is 4. The number of hydrogen-bond acceptors (Lipinski definition) is 4. The Balaban J connectivity index is 2.12. The fourth-order valence-electron chi connectivity index (χ4n) is 1.92. The lowest BCUT2D eigenvalue weighted by molar-refractivity contribution is -0.147. The van der Waals surface area contributed by atoms with Crippen molar-refractivity contribution in [2.75, 3.05) is 11.9 Å². The molecule has 0 N–H and O–H groups in total. The maximum atomic E-state index is 12.7. The molecule has 1 aromatic carbocycles. The summed E-state index contributed by atoms with van der Waals surface area (Å²) in [6.45, 7) is 1.62. The van der Waals surface area contributed by atoms with Crippen LogP contribution < -0.4 is 4.90 Å². The minimum Gasteiger partial charge on any atom is -0.315 e. The summed E-state index contributed by atoms with van der Waals surface area (Å²) in [5.41, 5.74) is 0.707. The van der Waals surface area contributed by atoms with Gasteiger partial charge >= 0.3 is 6.18 Å². The van der Waals surface area contributed by atoms with Crippen molar-refractivity contribution in [1.29, 1.82) is 0 Å². The second kappa shape index (κ2) is 6.61. The Morgan fingerprint density at radius 1 is 1.26 bits per heavy atom. The molecule has 0 radical (unpaired) electrons. The number of thioether (sulfide) groups is 1. The van der Waals surface area contributed by atoms with Crippen LogP contribution in [0.5, 0.6) is 0 Å². The molecular formula is C14H15F3N4OS. The molecular weight excluding hydrogens is 329 g/mol. The molecule has 1 unspecified atom stereocenters. The van der Waals surface area contributed by atoms with Gasteiger partial charge in [0, 0.05) is 19.8 Å². The molecule has 1 heterocycles. The van der Waals surface area contributed by atoms with E-state index >= 15 is 0 Å². The SMILES string of the molecule is CC(Sc1nnc(C(F)(F)F)n1C)C(=O)N(C)c1ccccc1. The molecule has 0 aliphatic rings. The van der Waals surface area contributed by atoms with Crippen molar-refractivity contribution >= 4 is 23.4 Å². The maximum absolute atomic E-state index is 12.7. The smallest absolute Gasteiger partial charge is 0.315 e. The first-order valence-corrected chi connectivity index (χ1v) is 7.55. The predicted molar refractivity (Wildman–Crippen MR) is 81.2 cm³/mol. The molecule has 0 aliphatic heterocycles. The highest BCUT2D eigenvalue weighted by Crippen LogP contribution is 2.31. The van der Waals surface area contributed by atoms with E-state index in [1.165, 1.54) is 11.9 Å². The molecule has 5 nitrogen and oxygen atoms in total. The number of anilines is 1. The van der Waals surface area contributed by atoms with Crippen LogP contribution >= 0.6 is 11.8 Å². The van der Waals surface area contributed by atoms with Crippen molar-refractivity contribution in [3.05, 3.63) is 36.2 Å². The predicted octanol–water partition coefficient (Wildman–Crippen LogP) is 2.98. The number of alkyl halides is 3. The lowest BCUT2D eigenvalue weighted by atomic mass is 10.3. The number of hydrogen-bond donors (Lipinski definition) is 0. The normalized spacial score (nSPS) is 13.0. The molecule has 124 valence electrons. The topological polar surface area (TPSA) is 51.0 Å². The third-order valence-electron chi connectivity index (χ3n) is 3.19. The van der Waals surface area contributed by atoms with Crippen molar-refractivity contribution in [2.24, 2.45) is 7.05 Å². The summed E-state index contributed by atoms with van der Waals surface area (Å²) >= 11 is 0.936. The first-order chi connectivity index (χ1) is 10.7. The Kier molecular flexibility index (Phi) is 4.98. The number of carbonyl (C=O) groups is 1. The van der Waals surface area contributed by atoms with E-state index in [0.717, 1.165) is 16.3 Å². The molecule has 0 spiro atoms. The highest BCUT2D eigenvalue weighted by Gasteiger charge is 2.38. The number of amides is 1. The van der Waals surface area contributed by atoms with E-state index < -0.39 is 17.3 Å². The molecule has 1 aromatic heterocycles. The standard InChI is InChI=1S/C14H15F3N4OS/c1-9(11(22)20(2)10-7-5-4-6-8-10)23-13-19-18-12(21(13)3)14(15,16)17/h4-9H,1-3H3. The van der Waals surface area contributed by atoms with Gasteiger partial charge in [-0.1, -0.05) is 30.0 Å². The Hall–Kier alpha value is -2.03. The van der Waals surface area contributed by atoms with Gasteiger partial charge < -0.3 is 9.47 Å².